The predicted molar refractivity (Wildman–Crippen MR) is 132 cm³/mol. The largest absolute Gasteiger partial charge is 0.491 e. The van der Waals surface area contributed by atoms with Gasteiger partial charge in [0.1, 0.15) is 11.8 Å². The van der Waals surface area contributed by atoms with Gasteiger partial charge >= 0.3 is 0 Å². The maximum absolute atomic E-state index is 5.88. The summed E-state index contributed by atoms with van der Waals surface area (Å²) >= 11 is 5.88. The predicted octanol–water partition coefficient (Wildman–Crippen LogP) is 5.96. The van der Waals surface area contributed by atoms with E-state index in [1.165, 1.54) is 31.4 Å². The summed E-state index contributed by atoms with van der Waals surface area (Å²) in [6, 6.07) is 19.3. The first-order valence-corrected chi connectivity index (χ1v) is 12.0. The zero-order chi connectivity index (χ0) is 22.1. The molecule has 0 bridgehead atoms. The molecule has 2 aliphatic rings. The lowest BCUT2D eigenvalue weighted by molar-refractivity contribution is 0.242. The summed E-state index contributed by atoms with van der Waals surface area (Å²) in [5.41, 5.74) is 3.34. The third kappa shape index (κ3) is 3.99. The highest BCUT2D eigenvalue weighted by Gasteiger charge is 2.42. The van der Waals surface area contributed by atoms with Crippen LogP contribution in [0.2, 0.25) is 0 Å². The van der Waals surface area contributed by atoms with Crippen molar-refractivity contribution in [1.29, 1.82) is 0 Å². The van der Waals surface area contributed by atoms with Crippen LogP contribution in [-0.4, -0.2) is 20.8 Å². The van der Waals surface area contributed by atoms with E-state index in [1.807, 2.05) is 44.3 Å². The second-order valence-electron chi connectivity index (χ2n) is 8.94. The molecule has 0 spiro atoms. The van der Waals surface area contributed by atoms with E-state index in [2.05, 4.69) is 56.3 Å². The summed E-state index contributed by atoms with van der Waals surface area (Å²) in [6.07, 6.45) is 9.31. The molecule has 2 fully saturated rings. The molecule has 5 nitrogen and oxygen atoms in total. The van der Waals surface area contributed by atoms with Crippen LogP contribution in [-0.2, 0) is 0 Å². The topological polar surface area (TPSA) is 42.3 Å². The van der Waals surface area contributed by atoms with Crippen LogP contribution in [0.15, 0.2) is 67.0 Å². The fraction of sp³-hybridized carbons (Fsp3) is 0.385. The van der Waals surface area contributed by atoms with E-state index in [9.17, 15) is 0 Å². The van der Waals surface area contributed by atoms with Gasteiger partial charge in [0.25, 0.3) is 0 Å². The van der Waals surface area contributed by atoms with Crippen LogP contribution in [0.1, 0.15) is 69.0 Å². The van der Waals surface area contributed by atoms with Gasteiger partial charge in [-0.2, -0.15) is 0 Å². The van der Waals surface area contributed by atoms with Crippen molar-refractivity contribution in [2.45, 2.75) is 63.8 Å². The van der Waals surface area contributed by atoms with Gasteiger partial charge in [-0.25, -0.2) is 0 Å². The number of nitrogens with one attached hydrogen (secondary N) is 1. The maximum Gasteiger partial charge on any atom is 0.174 e. The van der Waals surface area contributed by atoms with Crippen molar-refractivity contribution in [3.05, 3.63) is 78.4 Å². The molecule has 5 rings (SSSR count). The molecule has 1 aliphatic heterocycles. The van der Waals surface area contributed by atoms with E-state index in [1.54, 1.807) is 0 Å². The van der Waals surface area contributed by atoms with Crippen LogP contribution < -0.4 is 15.0 Å². The lowest BCUT2D eigenvalue weighted by Crippen LogP contribution is -2.30. The minimum absolute atomic E-state index is 0.0184. The summed E-state index contributed by atoms with van der Waals surface area (Å²) in [4.78, 5) is 6.92. The molecular weight excluding hydrogens is 416 g/mol. The smallest absolute Gasteiger partial charge is 0.174 e. The Bertz CT molecular complexity index is 1060. The Morgan fingerprint density at radius 1 is 1.03 bits per heavy atom. The summed E-state index contributed by atoms with van der Waals surface area (Å²) in [5.74, 6) is 0.869. The Kier molecular flexibility index (Phi) is 5.87. The number of ether oxygens (including phenoxy) is 1. The van der Waals surface area contributed by atoms with Gasteiger partial charge in [0.05, 0.1) is 17.8 Å². The molecule has 1 saturated heterocycles. The molecule has 1 saturated carbocycles. The molecule has 32 heavy (non-hydrogen) atoms. The second-order valence-corrected chi connectivity index (χ2v) is 9.32. The molecule has 1 aliphatic carbocycles. The van der Waals surface area contributed by atoms with Gasteiger partial charge in [-0.3, -0.25) is 4.98 Å². The first-order valence-electron chi connectivity index (χ1n) is 11.6. The first kappa shape index (κ1) is 21.0. The van der Waals surface area contributed by atoms with Crippen molar-refractivity contribution < 1.29 is 4.74 Å². The van der Waals surface area contributed by atoms with Gasteiger partial charge in [0, 0.05) is 29.8 Å². The van der Waals surface area contributed by atoms with Crippen LogP contribution >= 0.6 is 12.2 Å². The Morgan fingerprint density at radius 3 is 2.50 bits per heavy atom. The van der Waals surface area contributed by atoms with Gasteiger partial charge in [-0.1, -0.05) is 18.9 Å². The number of hydrogen-bond acceptors (Lipinski definition) is 3. The maximum atomic E-state index is 5.88. The number of aromatic nitrogens is 2. The second kappa shape index (κ2) is 8.94. The van der Waals surface area contributed by atoms with Gasteiger partial charge < -0.3 is 19.5 Å². The zero-order valence-electron chi connectivity index (χ0n) is 18.6. The van der Waals surface area contributed by atoms with Crippen molar-refractivity contribution in [2.24, 2.45) is 0 Å². The summed E-state index contributed by atoms with van der Waals surface area (Å²) in [7, 11) is 0. The highest BCUT2D eigenvalue weighted by molar-refractivity contribution is 7.80. The Labute approximate surface area is 195 Å². The van der Waals surface area contributed by atoms with Crippen LogP contribution in [0.3, 0.4) is 0 Å². The Balaban J connectivity index is 1.56. The van der Waals surface area contributed by atoms with E-state index >= 15 is 0 Å². The summed E-state index contributed by atoms with van der Waals surface area (Å²) < 4.78 is 8.33. The van der Waals surface area contributed by atoms with Gasteiger partial charge in [0.2, 0.25) is 0 Å². The van der Waals surface area contributed by atoms with Crippen molar-refractivity contribution >= 4 is 23.0 Å². The Hall–Kier alpha value is -2.86. The van der Waals surface area contributed by atoms with Gasteiger partial charge in [-0.05, 0) is 87.4 Å². The number of anilines is 1. The van der Waals surface area contributed by atoms with E-state index in [0.717, 1.165) is 22.2 Å². The van der Waals surface area contributed by atoms with E-state index in [4.69, 9.17) is 17.0 Å². The van der Waals surface area contributed by atoms with E-state index in [-0.39, 0.29) is 18.2 Å². The molecular formula is C26H30N4OS. The molecule has 1 N–H and O–H groups in total. The van der Waals surface area contributed by atoms with Crippen molar-refractivity contribution in [1.82, 2.24) is 14.9 Å². The van der Waals surface area contributed by atoms with Crippen molar-refractivity contribution in [3.8, 4) is 5.75 Å². The molecule has 6 heteroatoms. The fourth-order valence-electron chi connectivity index (χ4n) is 5.06. The number of hydrogen-bond donors (Lipinski definition) is 1. The highest BCUT2D eigenvalue weighted by Crippen LogP contribution is 2.44. The lowest BCUT2D eigenvalue weighted by atomic mass is 10.00. The normalized spacial score (nSPS) is 21.3. The zero-order valence-corrected chi connectivity index (χ0v) is 19.5. The monoisotopic (exact) mass is 446 g/mol. The average Bonchev–Trinajstić information content (AvgIpc) is 3.54. The van der Waals surface area contributed by atoms with Crippen LogP contribution in [0.5, 0.6) is 5.75 Å². The van der Waals surface area contributed by atoms with Gasteiger partial charge in [0.15, 0.2) is 5.11 Å². The molecule has 0 unspecified atom stereocenters. The lowest BCUT2D eigenvalue weighted by Gasteiger charge is -2.30. The van der Waals surface area contributed by atoms with Crippen LogP contribution in [0.4, 0.5) is 5.69 Å². The number of thiocarbonyl (C=S) groups is 1. The molecule has 166 valence electrons. The molecule has 1 aromatic carbocycles. The van der Waals surface area contributed by atoms with E-state index < -0.39 is 0 Å². The van der Waals surface area contributed by atoms with E-state index in [0.29, 0.717) is 6.04 Å². The van der Waals surface area contributed by atoms with Crippen LogP contribution in [0, 0.1) is 0 Å². The van der Waals surface area contributed by atoms with Crippen molar-refractivity contribution in [2.75, 3.05) is 4.90 Å². The molecule has 0 radical (unpaired) electrons. The Morgan fingerprint density at radius 2 is 1.81 bits per heavy atom. The summed E-state index contributed by atoms with van der Waals surface area (Å²) in [5, 5.41) is 4.30. The number of pyridine rings is 1. The fourth-order valence-corrected chi connectivity index (χ4v) is 5.41. The number of benzene rings is 1. The average molecular weight is 447 g/mol. The molecule has 3 aromatic rings. The number of nitrogens with zero attached hydrogens (tertiary/aromatic N) is 3. The third-order valence-corrected chi connectivity index (χ3v) is 6.73. The van der Waals surface area contributed by atoms with Crippen LogP contribution in [0.25, 0.3) is 0 Å². The summed E-state index contributed by atoms with van der Waals surface area (Å²) in [6.45, 7) is 4.08. The standard InChI is InChI=1S/C26H30N4OS/c1-18(2)31-21-14-12-20(13-15-21)30-25(23-11-7-17-29(23)19-8-3-4-9-19)24(28-26(30)32)22-10-5-6-16-27-22/h5-7,10-19,24-25H,3-4,8-9H2,1-2H3,(H,28,32)/t24-,25-/m0/s1. The molecule has 0 amide bonds. The SMILES string of the molecule is CC(C)Oc1ccc(N2C(=S)N[C@@H](c3ccccn3)[C@@H]2c2cccn2C2CCCC2)cc1. The van der Waals surface area contributed by atoms with Crippen molar-refractivity contribution in [3.63, 3.8) is 0 Å². The molecule has 3 heterocycles. The quantitative estimate of drug-likeness (QED) is 0.473. The third-order valence-electron chi connectivity index (χ3n) is 6.42. The highest BCUT2D eigenvalue weighted by atomic mass is 32.1. The first-order chi connectivity index (χ1) is 15.6. The van der Waals surface area contributed by atoms with Gasteiger partial charge in [-0.15, -0.1) is 0 Å². The minimum Gasteiger partial charge on any atom is -0.491 e. The number of rotatable bonds is 6. The molecule has 2 aromatic heterocycles. The minimum atomic E-state index is -0.0228. The molecule has 2 atom stereocenters.